The molecule has 0 aliphatic carbocycles. The maximum Gasteiger partial charge on any atom is 0.239 e. The third kappa shape index (κ3) is 3.59. The zero-order chi connectivity index (χ0) is 15.4. The Bertz CT molecular complexity index is 657. The third-order valence-corrected chi connectivity index (χ3v) is 3.01. The number of anilines is 2. The second kappa shape index (κ2) is 6.39. The quantitative estimate of drug-likeness (QED) is 0.737. The van der Waals surface area contributed by atoms with Crippen molar-refractivity contribution in [2.45, 2.75) is 13.8 Å². The summed E-state index contributed by atoms with van der Waals surface area (Å²) in [5, 5.41) is 6.22. The lowest BCUT2D eigenvalue weighted by molar-refractivity contribution is -0.119. The van der Waals surface area contributed by atoms with Crippen LogP contribution >= 0.6 is 0 Å². The third-order valence-electron chi connectivity index (χ3n) is 3.01. The summed E-state index contributed by atoms with van der Waals surface area (Å²) in [4.78, 5) is 15.8. The summed E-state index contributed by atoms with van der Waals surface area (Å²) in [6.45, 7) is 4.58. The molecular formula is C15H19FN4O. The molecule has 4 N–H and O–H groups in total. The van der Waals surface area contributed by atoms with Crippen molar-refractivity contribution in [2.75, 3.05) is 24.1 Å². The molecule has 5 nitrogen and oxygen atoms in total. The van der Waals surface area contributed by atoms with E-state index in [9.17, 15) is 9.18 Å². The summed E-state index contributed by atoms with van der Waals surface area (Å²) >= 11 is 0. The monoisotopic (exact) mass is 290 g/mol. The van der Waals surface area contributed by atoms with Crippen molar-refractivity contribution < 1.29 is 9.18 Å². The molecule has 112 valence electrons. The average molecular weight is 290 g/mol. The van der Waals surface area contributed by atoms with Gasteiger partial charge >= 0.3 is 0 Å². The summed E-state index contributed by atoms with van der Waals surface area (Å²) in [6, 6.07) is 4.73. The molecule has 1 amide bonds. The summed E-state index contributed by atoms with van der Waals surface area (Å²) in [6.07, 6.45) is 1.56. The predicted molar refractivity (Wildman–Crippen MR) is 82.5 cm³/mol. The molecule has 0 bridgehead atoms. The molecule has 0 aliphatic rings. The van der Waals surface area contributed by atoms with Crippen molar-refractivity contribution in [3.05, 3.63) is 30.2 Å². The first-order chi connectivity index (χ1) is 9.99. The lowest BCUT2D eigenvalue weighted by Crippen LogP contribution is -2.32. The molecule has 0 unspecified atom stereocenters. The van der Waals surface area contributed by atoms with Crippen molar-refractivity contribution in [2.24, 2.45) is 5.92 Å². The number of benzene rings is 1. The van der Waals surface area contributed by atoms with Gasteiger partial charge in [-0.15, -0.1) is 0 Å². The van der Waals surface area contributed by atoms with E-state index < -0.39 is 5.82 Å². The highest BCUT2D eigenvalue weighted by molar-refractivity contribution is 5.99. The van der Waals surface area contributed by atoms with E-state index in [0.29, 0.717) is 29.1 Å². The van der Waals surface area contributed by atoms with Gasteiger partial charge in [-0.05, 0) is 24.1 Å². The molecule has 1 aromatic heterocycles. The van der Waals surface area contributed by atoms with E-state index in [4.69, 9.17) is 5.73 Å². The number of hydrogen-bond donors (Lipinski definition) is 3. The van der Waals surface area contributed by atoms with Gasteiger partial charge in [-0.25, -0.2) is 4.39 Å². The van der Waals surface area contributed by atoms with Crippen LogP contribution in [-0.2, 0) is 4.79 Å². The summed E-state index contributed by atoms with van der Waals surface area (Å²) in [5.41, 5.74) is 6.72. The number of nitrogens with two attached hydrogens (primary N) is 1. The van der Waals surface area contributed by atoms with E-state index in [1.165, 1.54) is 6.07 Å². The standard InChI is InChI=1S/C15H19FN4O/c1-9(2)7-19-13(21)8-20-15-11(16)6-12(17)10-4-3-5-18-14(10)15/h3-6,9,20H,7-8,17H2,1-2H3,(H,19,21). The van der Waals surface area contributed by atoms with Crippen molar-refractivity contribution in [1.29, 1.82) is 0 Å². The predicted octanol–water partition coefficient (Wildman–Crippen LogP) is 2.14. The number of pyridine rings is 1. The Balaban J connectivity index is 2.17. The highest BCUT2D eigenvalue weighted by atomic mass is 19.1. The molecule has 2 rings (SSSR count). The zero-order valence-electron chi connectivity index (χ0n) is 12.1. The number of carbonyl (C=O) groups excluding carboxylic acids is 1. The van der Waals surface area contributed by atoms with Gasteiger partial charge in [0.2, 0.25) is 5.91 Å². The number of rotatable bonds is 5. The first-order valence-electron chi connectivity index (χ1n) is 6.82. The van der Waals surface area contributed by atoms with E-state index in [1.54, 1.807) is 18.3 Å². The number of hydrogen-bond acceptors (Lipinski definition) is 4. The van der Waals surface area contributed by atoms with Gasteiger partial charge in [0.05, 0.1) is 17.7 Å². The minimum atomic E-state index is -0.518. The lowest BCUT2D eigenvalue weighted by Gasteiger charge is -2.12. The molecule has 0 saturated heterocycles. The molecule has 0 fully saturated rings. The second-order valence-corrected chi connectivity index (χ2v) is 5.27. The molecule has 0 atom stereocenters. The summed E-state index contributed by atoms with van der Waals surface area (Å²) in [7, 11) is 0. The van der Waals surface area contributed by atoms with Gasteiger partial charge in [-0.3, -0.25) is 9.78 Å². The minimum absolute atomic E-state index is 0.0147. The van der Waals surface area contributed by atoms with Crippen molar-refractivity contribution in [3.63, 3.8) is 0 Å². The minimum Gasteiger partial charge on any atom is -0.398 e. The number of nitrogens with one attached hydrogen (secondary N) is 2. The molecule has 2 aromatic rings. The van der Waals surface area contributed by atoms with Crippen LogP contribution in [0.1, 0.15) is 13.8 Å². The van der Waals surface area contributed by atoms with Gasteiger partial charge in [0.15, 0.2) is 5.82 Å². The maximum atomic E-state index is 14.0. The van der Waals surface area contributed by atoms with Crippen LogP contribution in [0.2, 0.25) is 0 Å². The highest BCUT2D eigenvalue weighted by Gasteiger charge is 2.12. The second-order valence-electron chi connectivity index (χ2n) is 5.27. The Morgan fingerprint density at radius 1 is 1.48 bits per heavy atom. The van der Waals surface area contributed by atoms with Crippen LogP contribution in [0.4, 0.5) is 15.8 Å². The number of nitrogens with zero attached hydrogens (tertiary/aromatic N) is 1. The van der Waals surface area contributed by atoms with Crippen LogP contribution in [0, 0.1) is 11.7 Å². The number of carbonyl (C=O) groups is 1. The number of halogens is 1. The molecule has 0 aliphatic heterocycles. The van der Waals surface area contributed by atoms with Crippen LogP contribution in [-0.4, -0.2) is 24.0 Å². The summed E-state index contributed by atoms with van der Waals surface area (Å²) in [5.74, 6) is -0.343. The molecule has 0 saturated carbocycles. The number of fused-ring (bicyclic) bond motifs is 1. The van der Waals surface area contributed by atoms with E-state index >= 15 is 0 Å². The Morgan fingerprint density at radius 3 is 2.95 bits per heavy atom. The topological polar surface area (TPSA) is 80.0 Å². The average Bonchev–Trinajstić information content (AvgIpc) is 2.45. The van der Waals surface area contributed by atoms with Crippen molar-refractivity contribution in [3.8, 4) is 0 Å². The van der Waals surface area contributed by atoms with E-state index in [-0.39, 0.29) is 18.1 Å². The number of nitrogen functional groups attached to an aromatic ring is 1. The molecule has 6 heteroatoms. The van der Waals surface area contributed by atoms with Gasteiger partial charge in [0.25, 0.3) is 0 Å². The lowest BCUT2D eigenvalue weighted by atomic mass is 10.1. The van der Waals surface area contributed by atoms with Crippen LogP contribution < -0.4 is 16.4 Å². The van der Waals surface area contributed by atoms with Gasteiger partial charge in [-0.1, -0.05) is 13.8 Å². The smallest absolute Gasteiger partial charge is 0.239 e. The van der Waals surface area contributed by atoms with Crippen molar-refractivity contribution >= 4 is 28.2 Å². The first-order valence-corrected chi connectivity index (χ1v) is 6.82. The van der Waals surface area contributed by atoms with Crippen LogP contribution in [0.3, 0.4) is 0 Å². The Kier molecular flexibility index (Phi) is 4.57. The first kappa shape index (κ1) is 15.0. The molecule has 0 spiro atoms. The molecule has 21 heavy (non-hydrogen) atoms. The maximum absolute atomic E-state index is 14.0. The number of aromatic nitrogens is 1. The van der Waals surface area contributed by atoms with E-state index in [2.05, 4.69) is 15.6 Å². The molecule has 0 radical (unpaired) electrons. The number of amides is 1. The normalized spacial score (nSPS) is 10.9. The SMILES string of the molecule is CC(C)CNC(=O)CNc1c(F)cc(N)c2cccnc12. The highest BCUT2D eigenvalue weighted by Crippen LogP contribution is 2.29. The van der Waals surface area contributed by atoms with E-state index in [1.807, 2.05) is 13.8 Å². The Hall–Kier alpha value is -2.37. The van der Waals surface area contributed by atoms with Gasteiger partial charge < -0.3 is 16.4 Å². The van der Waals surface area contributed by atoms with E-state index in [0.717, 1.165) is 0 Å². The Labute approximate surface area is 122 Å². The largest absolute Gasteiger partial charge is 0.398 e. The zero-order valence-corrected chi connectivity index (χ0v) is 12.1. The molecule has 1 aromatic carbocycles. The molecular weight excluding hydrogens is 271 g/mol. The van der Waals surface area contributed by atoms with Crippen LogP contribution in [0.5, 0.6) is 0 Å². The van der Waals surface area contributed by atoms with Crippen LogP contribution in [0.15, 0.2) is 24.4 Å². The Morgan fingerprint density at radius 2 is 2.24 bits per heavy atom. The fourth-order valence-corrected chi connectivity index (χ4v) is 1.95. The van der Waals surface area contributed by atoms with Gasteiger partial charge in [0, 0.05) is 23.8 Å². The molecule has 1 heterocycles. The fraction of sp³-hybridized carbons (Fsp3) is 0.333. The fourth-order valence-electron chi connectivity index (χ4n) is 1.95. The van der Waals surface area contributed by atoms with Gasteiger partial charge in [0.1, 0.15) is 0 Å². The van der Waals surface area contributed by atoms with Crippen molar-refractivity contribution in [1.82, 2.24) is 10.3 Å². The van der Waals surface area contributed by atoms with Crippen LogP contribution in [0.25, 0.3) is 10.9 Å². The summed E-state index contributed by atoms with van der Waals surface area (Å²) < 4.78 is 14.0. The van der Waals surface area contributed by atoms with Gasteiger partial charge in [-0.2, -0.15) is 0 Å².